The number of pyridine rings is 1. The molecule has 0 amide bonds. The molecule has 0 fully saturated rings. The van der Waals surface area contributed by atoms with Crippen LogP contribution in [0.25, 0.3) is 10.8 Å². The van der Waals surface area contributed by atoms with Crippen molar-refractivity contribution in [2.45, 2.75) is 27.2 Å². The fraction of sp³-hybridized carbons (Fsp3) is 0.400. The van der Waals surface area contributed by atoms with E-state index in [2.05, 4.69) is 24.1 Å². The molecule has 0 aliphatic heterocycles. The molecular weight excluding hydrogens is 254 g/mol. The Morgan fingerprint density at radius 1 is 1.35 bits per heavy atom. The number of hydrogen-bond acceptors (Lipinski definition) is 4. The summed E-state index contributed by atoms with van der Waals surface area (Å²) in [5.74, 6) is 0.621. The summed E-state index contributed by atoms with van der Waals surface area (Å²) in [6, 6.07) is 5.21. The summed E-state index contributed by atoms with van der Waals surface area (Å²) in [4.78, 5) is 14.9. The van der Waals surface area contributed by atoms with Crippen LogP contribution in [0, 0.1) is 23.0 Å². The van der Waals surface area contributed by atoms with Crippen LogP contribution in [0.5, 0.6) is 0 Å². The molecule has 5 nitrogen and oxygen atoms in total. The zero-order valence-corrected chi connectivity index (χ0v) is 12.0. The summed E-state index contributed by atoms with van der Waals surface area (Å²) in [6.45, 7) is 7.08. The highest BCUT2D eigenvalue weighted by molar-refractivity contribution is 5.99. The van der Waals surface area contributed by atoms with Gasteiger partial charge in [-0.15, -0.1) is 0 Å². The Morgan fingerprint density at radius 2 is 2.10 bits per heavy atom. The van der Waals surface area contributed by atoms with Gasteiger partial charge in [-0.25, -0.2) is 0 Å². The van der Waals surface area contributed by atoms with Crippen molar-refractivity contribution in [3.05, 3.63) is 40.2 Å². The topological polar surface area (TPSA) is 68.1 Å². The molecule has 1 N–H and O–H groups in total. The number of aromatic nitrogens is 1. The highest BCUT2D eigenvalue weighted by Gasteiger charge is 2.14. The maximum Gasteiger partial charge on any atom is 0.278 e. The van der Waals surface area contributed by atoms with Gasteiger partial charge in [-0.3, -0.25) is 15.1 Å². The zero-order chi connectivity index (χ0) is 14.7. The average Bonchev–Trinajstić information content (AvgIpc) is 2.38. The molecule has 0 spiro atoms. The van der Waals surface area contributed by atoms with Gasteiger partial charge in [0.05, 0.1) is 10.3 Å². The lowest BCUT2D eigenvalue weighted by molar-refractivity contribution is -0.383. The molecule has 0 bridgehead atoms. The number of nitrogens with one attached hydrogen (secondary N) is 1. The number of benzene rings is 1. The second-order valence-electron chi connectivity index (χ2n) is 5.37. The molecule has 0 atom stereocenters. The van der Waals surface area contributed by atoms with Crippen LogP contribution >= 0.6 is 0 Å². The quantitative estimate of drug-likeness (QED) is 0.662. The first kappa shape index (κ1) is 14.2. The molecule has 0 saturated carbocycles. The van der Waals surface area contributed by atoms with Gasteiger partial charge in [-0.2, -0.15) is 0 Å². The van der Waals surface area contributed by atoms with Gasteiger partial charge in [0, 0.05) is 35.6 Å². The minimum atomic E-state index is -0.364. The zero-order valence-electron chi connectivity index (χ0n) is 12.0. The molecule has 2 aromatic rings. The molecule has 20 heavy (non-hydrogen) atoms. The van der Waals surface area contributed by atoms with E-state index >= 15 is 0 Å². The smallest absolute Gasteiger partial charge is 0.278 e. The second-order valence-corrected chi connectivity index (χ2v) is 5.37. The van der Waals surface area contributed by atoms with Crippen LogP contribution in [0.4, 0.5) is 11.4 Å². The third-order valence-corrected chi connectivity index (χ3v) is 3.25. The van der Waals surface area contributed by atoms with Crippen LogP contribution in [0.3, 0.4) is 0 Å². The van der Waals surface area contributed by atoms with Crippen molar-refractivity contribution in [1.29, 1.82) is 0 Å². The van der Waals surface area contributed by atoms with Gasteiger partial charge in [0.25, 0.3) is 5.69 Å². The molecule has 0 aliphatic rings. The van der Waals surface area contributed by atoms with Crippen molar-refractivity contribution in [2.75, 3.05) is 11.9 Å². The number of nitrogens with zero attached hydrogens (tertiary/aromatic N) is 2. The third-order valence-electron chi connectivity index (χ3n) is 3.25. The Kier molecular flexibility index (Phi) is 4.17. The maximum atomic E-state index is 11.1. The lowest BCUT2D eigenvalue weighted by atomic mass is 10.1. The van der Waals surface area contributed by atoms with E-state index in [4.69, 9.17) is 0 Å². The van der Waals surface area contributed by atoms with Crippen molar-refractivity contribution >= 4 is 22.1 Å². The summed E-state index contributed by atoms with van der Waals surface area (Å²) in [5, 5.41) is 15.9. The van der Waals surface area contributed by atoms with E-state index < -0.39 is 0 Å². The molecule has 0 unspecified atom stereocenters. The number of aryl methyl sites for hydroxylation is 1. The second kappa shape index (κ2) is 5.86. The Morgan fingerprint density at radius 3 is 2.75 bits per heavy atom. The summed E-state index contributed by atoms with van der Waals surface area (Å²) in [5.41, 5.74) is 1.88. The predicted octanol–water partition coefficient (Wildman–Crippen LogP) is 3.91. The number of nitro groups is 1. The number of hydrogen-bond donors (Lipinski definition) is 1. The summed E-state index contributed by atoms with van der Waals surface area (Å²) in [7, 11) is 0. The minimum absolute atomic E-state index is 0.0990. The first-order valence-corrected chi connectivity index (χ1v) is 6.76. The third kappa shape index (κ3) is 3.04. The van der Waals surface area contributed by atoms with Gasteiger partial charge in [0.1, 0.15) is 0 Å². The fourth-order valence-electron chi connectivity index (χ4n) is 2.14. The Bertz CT molecular complexity index is 638. The van der Waals surface area contributed by atoms with Crippen molar-refractivity contribution in [3.8, 4) is 0 Å². The molecule has 0 saturated heterocycles. The van der Waals surface area contributed by atoms with Crippen molar-refractivity contribution in [3.63, 3.8) is 0 Å². The molecular formula is C15H19N3O2. The Hall–Kier alpha value is -2.17. The average molecular weight is 273 g/mol. The number of anilines is 1. The molecule has 1 aromatic heterocycles. The Balaban J connectivity index is 2.42. The van der Waals surface area contributed by atoms with Gasteiger partial charge < -0.3 is 5.32 Å². The lowest BCUT2D eigenvalue weighted by Gasteiger charge is -2.11. The number of nitro benzene ring substituents is 1. The molecule has 1 heterocycles. The van der Waals surface area contributed by atoms with Gasteiger partial charge in [-0.05, 0) is 31.4 Å². The van der Waals surface area contributed by atoms with E-state index in [1.54, 1.807) is 12.3 Å². The normalized spacial score (nSPS) is 11.0. The number of non-ortho nitro benzene ring substituents is 1. The van der Waals surface area contributed by atoms with E-state index in [0.29, 0.717) is 11.3 Å². The van der Waals surface area contributed by atoms with Gasteiger partial charge in [-0.1, -0.05) is 13.8 Å². The van der Waals surface area contributed by atoms with Crippen LogP contribution in [0.1, 0.15) is 26.0 Å². The number of fused-ring (bicyclic) bond motifs is 1. The molecule has 5 heteroatoms. The lowest BCUT2D eigenvalue weighted by Crippen LogP contribution is -2.05. The van der Waals surface area contributed by atoms with Crippen LogP contribution < -0.4 is 5.32 Å². The van der Waals surface area contributed by atoms with E-state index in [-0.39, 0.29) is 10.6 Å². The van der Waals surface area contributed by atoms with Crippen molar-refractivity contribution < 1.29 is 4.92 Å². The van der Waals surface area contributed by atoms with Crippen LogP contribution in [-0.4, -0.2) is 16.5 Å². The van der Waals surface area contributed by atoms with Crippen molar-refractivity contribution in [1.82, 2.24) is 4.98 Å². The molecule has 2 rings (SSSR count). The first-order chi connectivity index (χ1) is 9.49. The van der Waals surface area contributed by atoms with Crippen LogP contribution in [0.15, 0.2) is 24.4 Å². The monoisotopic (exact) mass is 273 g/mol. The fourth-order valence-corrected chi connectivity index (χ4v) is 2.14. The summed E-state index contributed by atoms with van der Waals surface area (Å²) < 4.78 is 0. The van der Waals surface area contributed by atoms with Crippen LogP contribution in [0.2, 0.25) is 0 Å². The van der Waals surface area contributed by atoms with Crippen LogP contribution in [-0.2, 0) is 0 Å². The Labute approximate surface area is 118 Å². The molecule has 106 valence electrons. The standard InChI is InChI=1S/C15H19N3O2/c1-10(2)6-7-16-14-4-5-15(18(19)20)13-9-17-11(3)8-12(13)14/h4-5,8-10,16H,6-7H2,1-3H3. The minimum Gasteiger partial charge on any atom is -0.385 e. The summed E-state index contributed by atoms with van der Waals surface area (Å²) >= 11 is 0. The predicted molar refractivity (Wildman–Crippen MR) is 81.1 cm³/mol. The van der Waals surface area contributed by atoms with E-state index in [9.17, 15) is 10.1 Å². The largest absolute Gasteiger partial charge is 0.385 e. The summed E-state index contributed by atoms with van der Waals surface area (Å²) in [6.07, 6.45) is 2.64. The first-order valence-electron chi connectivity index (χ1n) is 6.76. The van der Waals surface area contributed by atoms with E-state index in [0.717, 1.165) is 29.7 Å². The van der Waals surface area contributed by atoms with Gasteiger partial charge in [0.2, 0.25) is 0 Å². The van der Waals surface area contributed by atoms with E-state index in [1.807, 2.05) is 13.0 Å². The molecule has 1 aromatic carbocycles. The highest BCUT2D eigenvalue weighted by atomic mass is 16.6. The number of rotatable bonds is 5. The maximum absolute atomic E-state index is 11.1. The van der Waals surface area contributed by atoms with Gasteiger partial charge >= 0.3 is 0 Å². The van der Waals surface area contributed by atoms with Gasteiger partial charge in [0.15, 0.2) is 0 Å². The van der Waals surface area contributed by atoms with E-state index in [1.165, 1.54) is 6.07 Å². The highest BCUT2D eigenvalue weighted by Crippen LogP contribution is 2.31. The SMILES string of the molecule is Cc1cc2c(NCCC(C)C)ccc([N+](=O)[O-])c2cn1. The molecule has 0 radical (unpaired) electrons. The molecule has 0 aliphatic carbocycles. The van der Waals surface area contributed by atoms with Crippen molar-refractivity contribution in [2.24, 2.45) is 5.92 Å².